The Kier molecular flexibility index (Phi) is 17.2. The van der Waals surface area contributed by atoms with Crippen molar-refractivity contribution in [3.05, 3.63) is 84.5 Å². The molecule has 256 valence electrons. The predicted molar refractivity (Wildman–Crippen MR) is 191 cm³/mol. The summed E-state index contributed by atoms with van der Waals surface area (Å²) >= 11 is 0. The molecule has 0 aliphatic heterocycles. The molecule has 0 aliphatic rings. The summed E-state index contributed by atoms with van der Waals surface area (Å²) in [7, 11) is -3.76. The van der Waals surface area contributed by atoms with Crippen LogP contribution in [0, 0.1) is 0 Å². The fraction of sp³-hybridized carbons (Fsp3) is 0.472. The molecule has 0 amide bonds. The van der Waals surface area contributed by atoms with Crippen molar-refractivity contribution in [3.63, 3.8) is 0 Å². The molecule has 0 heterocycles. The van der Waals surface area contributed by atoms with Gasteiger partial charge in [0.15, 0.2) is 0 Å². The first-order chi connectivity index (χ1) is 21.1. The first-order valence-electron chi connectivity index (χ1n) is 15.4. The number of aliphatic hydroxyl groups is 1. The number of esters is 2. The van der Waals surface area contributed by atoms with Gasteiger partial charge in [-0.3, -0.25) is 4.79 Å². The number of ether oxygens (including phenoxy) is 2. The highest BCUT2D eigenvalue weighted by molar-refractivity contribution is 6.75. The maximum absolute atomic E-state index is 11.7. The SMILES string of the molecule is C=C(C(=O)OCC)C(O)c1cccc(O[Si](C)(C)C(C)(C)C)c1.C=CC(=O)OCC.CC(C)(C)[Si](C)(C)Oc1cccc(C=O)c1. The highest BCUT2D eigenvalue weighted by Gasteiger charge is 2.40. The summed E-state index contributed by atoms with van der Waals surface area (Å²) < 4.78 is 21.6. The van der Waals surface area contributed by atoms with Crippen molar-refractivity contribution in [3.8, 4) is 11.5 Å². The molecule has 46 heavy (non-hydrogen) atoms. The molecule has 0 saturated carbocycles. The van der Waals surface area contributed by atoms with Crippen LogP contribution in [0.3, 0.4) is 0 Å². The average Bonchev–Trinajstić information content (AvgIpc) is 2.96. The zero-order chi connectivity index (χ0) is 35.9. The van der Waals surface area contributed by atoms with Crippen LogP contribution in [-0.4, -0.2) is 53.2 Å². The van der Waals surface area contributed by atoms with E-state index in [2.05, 4.69) is 85.6 Å². The van der Waals surface area contributed by atoms with Gasteiger partial charge in [-0.25, -0.2) is 9.59 Å². The third-order valence-corrected chi connectivity index (χ3v) is 16.6. The van der Waals surface area contributed by atoms with Gasteiger partial charge in [0, 0.05) is 11.6 Å². The molecular formula is C36H56O8Si2. The zero-order valence-electron chi connectivity index (χ0n) is 30.0. The molecule has 0 radical (unpaired) electrons. The van der Waals surface area contributed by atoms with Gasteiger partial charge in [0.05, 0.1) is 18.8 Å². The summed E-state index contributed by atoms with van der Waals surface area (Å²) in [5.41, 5.74) is 1.26. The van der Waals surface area contributed by atoms with E-state index in [1.165, 1.54) is 0 Å². The van der Waals surface area contributed by atoms with Crippen molar-refractivity contribution in [2.24, 2.45) is 0 Å². The molecule has 1 atom stereocenters. The molecule has 0 aromatic heterocycles. The quantitative estimate of drug-likeness (QED) is 0.109. The monoisotopic (exact) mass is 672 g/mol. The van der Waals surface area contributed by atoms with Gasteiger partial charge in [0.1, 0.15) is 23.9 Å². The second-order valence-corrected chi connectivity index (χ2v) is 23.0. The van der Waals surface area contributed by atoms with E-state index in [0.717, 1.165) is 18.1 Å². The number of carbonyl (C=O) groups is 3. The summed E-state index contributed by atoms with van der Waals surface area (Å²) in [6.45, 7) is 32.8. The van der Waals surface area contributed by atoms with Gasteiger partial charge in [0.25, 0.3) is 0 Å². The summed E-state index contributed by atoms with van der Waals surface area (Å²) in [5.74, 6) is 0.555. The van der Waals surface area contributed by atoms with E-state index in [1.54, 1.807) is 44.2 Å². The second kappa shape index (κ2) is 18.6. The van der Waals surface area contributed by atoms with Crippen LogP contribution in [0.25, 0.3) is 0 Å². The molecular weight excluding hydrogens is 617 g/mol. The lowest BCUT2D eigenvalue weighted by molar-refractivity contribution is -0.140. The number of aldehydes is 1. The van der Waals surface area contributed by atoms with Gasteiger partial charge in [-0.15, -0.1) is 0 Å². The van der Waals surface area contributed by atoms with Crippen LogP contribution in [0.1, 0.15) is 77.4 Å². The molecule has 1 N–H and O–H groups in total. The Morgan fingerprint density at radius 2 is 1.28 bits per heavy atom. The zero-order valence-corrected chi connectivity index (χ0v) is 32.0. The maximum Gasteiger partial charge on any atom is 0.336 e. The van der Waals surface area contributed by atoms with Gasteiger partial charge in [-0.1, -0.05) is 79.0 Å². The minimum absolute atomic E-state index is 0.0244. The van der Waals surface area contributed by atoms with Crippen molar-refractivity contribution >= 4 is 34.9 Å². The first-order valence-corrected chi connectivity index (χ1v) is 21.2. The summed E-state index contributed by atoms with van der Waals surface area (Å²) in [6.07, 6.45) is 0.888. The van der Waals surface area contributed by atoms with Crippen molar-refractivity contribution in [2.45, 2.75) is 97.8 Å². The Morgan fingerprint density at radius 3 is 1.67 bits per heavy atom. The smallest absolute Gasteiger partial charge is 0.336 e. The van der Waals surface area contributed by atoms with E-state index in [9.17, 15) is 19.5 Å². The lowest BCUT2D eigenvalue weighted by Crippen LogP contribution is -2.43. The van der Waals surface area contributed by atoms with Gasteiger partial charge in [-0.05, 0) is 79.9 Å². The van der Waals surface area contributed by atoms with E-state index in [1.807, 2.05) is 18.2 Å². The summed E-state index contributed by atoms with van der Waals surface area (Å²) in [5, 5.41) is 10.6. The Balaban J connectivity index is 0.000000759. The summed E-state index contributed by atoms with van der Waals surface area (Å²) in [4.78, 5) is 32.4. The lowest BCUT2D eigenvalue weighted by atomic mass is 10.0. The molecule has 0 saturated heterocycles. The predicted octanol–water partition coefficient (Wildman–Crippen LogP) is 8.84. The number of aliphatic hydroxyl groups excluding tert-OH is 1. The van der Waals surface area contributed by atoms with E-state index in [0.29, 0.717) is 23.5 Å². The largest absolute Gasteiger partial charge is 0.543 e. The van der Waals surface area contributed by atoms with Gasteiger partial charge < -0.3 is 23.4 Å². The van der Waals surface area contributed by atoms with Gasteiger partial charge in [-0.2, -0.15) is 0 Å². The second-order valence-electron chi connectivity index (χ2n) is 13.6. The van der Waals surface area contributed by atoms with Crippen LogP contribution in [0.15, 0.2) is 73.3 Å². The first kappa shape index (κ1) is 42.5. The fourth-order valence-electron chi connectivity index (χ4n) is 3.03. The molecule has 10 heteroatoms. The molecule has 0 aliphatic carbocycles. The van der Waals surface area contributed by atoms with E-state index < -0.39 is 28.7 Å². The van der Waals surface area contributed by atoms with Crippen LogP contribution in [-0.2, 0) is 19.1 Å². The fourth-order valence-corrected chi connectivity index (χ4v) is 5.08. The molecule has 2 aromatic rings. The molecule has 0 bridgehead atoms. The van der Waals surface area contributed by atoms with E-state index in [4.69, 9.17) is 13.6 Å². The summed E-state index contributed by atoms with van der Waals surface area (Å²) in [6, 6.07) is 14.5. The maximum atomic E-state index is 11.7. The van der Waals surface area contributed by atoms with Crippen LogP contribution < -0.4 is 8.85 Å². The van der Waals surface area contributed by atoms with Crippen LogP contribution in [0.5, 0.6) is 11.5 Å². The van der Waals surface area contributed by atoms with E-state index in [-0.39, 0.29) is 28.2 Å². The Labute approximate surface area is 279 Å². The lowest BCUT2D eigenvalue weighted by Gasteiger charge is -2.36. The van der Waals surface area contributed by atoms with Gasteiger partial charge in [0.2, 0.25) is 16.6 Å². The number of hydrogen-bond acceptors (Lipinski definition) is 8. The third kappa shape index (κ3) is 14.3. The molecule has 1 unspecified atom stereocenters. The minimum atomic E-state index is -1.96. The van der Waals surface area contributed by atoms with Gasteiger partial charge >= 0.3 is 11.9 Å². The molecule has 0 fully saturated rings. The van der Waals surface area contributed by atoms with Crippen LogP contribution >= 0.6 is 0 Å². The van der Waals surface area contributed by atoms with Crippen molar-refractivity contribution in [1.82, 2.24) is 0 Å². The van der Waals surface area contributed by atoms with Crippen molar-refractivity contribution in [1.29, 1.82) is 0 Å². The Hall–Kier alpha value is -3.48. The number of benzene rings is 2. The normalized spacial score (nSPS) is 12.1. The molecule has 2 rings (SSSR count). The topological polar surface area (TPSA) is 108 Å². The minimum Gasteiger partial charge on any atom is -0.543 e. The molecule has 2 aromatic carbocycles. The average molecular weight is 673 g/mol. The van der Waals surface area contributed by atoms with Crippen molar-refractivity contribution < 1.29 is 37.8 Å². The number of carbonyl (C=O) groups excluding carboxylic acids is 3. The highest BCUT2D eigenvalue weighted by Crippen LogP contribution is 2.38. The van der Waals surface area contributed by atoms with E-state index >= 15 is 0 Å². The van der Waals surface area contributed by atoms with Crippen LogP contribution in [0.4, 0.5) is 0 Å². The Bertz CT molecular complexity index is 1300. The highest BCUT2D eigenvalue weighted by atomic mass is 28.4. The van der Waals surface area contributed by atoms with Crippen molar-refractivity contribution in [2.75, 3.05) is 13.2 Å². The Morgan fingerprint density at radius 1 is 0.826 bits per heavy atom. The number of hydrogen-bond donors (Lipinski definition) is 1. The third-order valence-electron chi connectivity index (χ3n) is 7.85. The standard InChI is InChI=1S/C18H28O4Si.C13H20O2Si.C5H8O2/c1-8-21-17(20)13(2)16(19)14-10-9-11-15(12-14)22-23(6,7)18(3,4)5;1-13(2,3)16(4,5)15-12-8-6-7-11(9-12)10-14;1-3-5(6)7-4-2/h9-12,16,19H,2,8H2,1,3-7H3;6-10H,1-5H3;3H,1,4H2,2H3. The number of rotatable bonds is 11. The van der Waals surface area contributed by atoms with Crippen LogP contribution in [0.2, 0.25) is 36.3 Å². The molecule has 8 nitrogen and oxygen atoms in total. The molecule has 0 spiro atoms.